The topological polar surface area (TPSA) is 73.8 Å². The lowest BCUT2D eigenvalue weighted by Crippen LogP contribution is -2.13. The highest BCUT2D eigenvalue weighted by Crippen LogP contribution is 2.22. The molecule has 104 valence electrons. The number of aromatic nitrogens is 3. The van der Waals surface area contributed by atoms with E-state index in [1.54, 1.807) is 4.68 Å². The zero-order valence-corrected chi connectivity index (χ0v) is 11.5. The molecular weight excluding hydrogens is 264 g/mol. The zero-order valence-electron chi connectivity index (χ0n) is 11.5. The molecular formula is C16H14N4O. The van der Waals surface area contributed by atoms with Crippen LogP contribution in [0.2, 0.25) is 0 Å². The molecule has 0 unspecified atom stereocenters. The number of aryl methyl sites for hydroxylation is 1. The smallest absolute Gasteiger partial charge is 0.288 e. The summed E-state index contributed by atoms with van der Waals surface area (Å²) in [4.78, 5) is 15.7. The summed E-state index contributed by atoms with van der Waals surface area (Å²) < 4.78 is 1.66. The molecule has 3 rings (SSSR count). The molecule has 0 saturated heterocycles. The molecule has 0 bridgehead atoms. The van der Waals surface area contributed by atoms with Crippen LogP contribution in [0.1, 0.15) is 16.2 Å². The molecule has 2 aromatic carbocycles. The maximum Gasteiger partial charge on any atom is 0.288 e. The highest BCUT2D eigenvalue weighted by atomic mass is 16.1. The summed E-state index contributed by atoms with van der Waals surface area (Å²) in [5.41, 5.74) is 8.10. The number of carbonyl (C=O) groups is 1. The first-order chi connectivity index (χ1) is 10.2. The van der Waals surface area contributed by atoms with Gasteiger partial charge in [-0.25, -0.2) is 9.67 Å². The van der Waals surface area contributed by atoms with Crippen LogP contribution >= 0.6 is 0 Å². The summed E-state index contributed by atoms with van der Waals surface area (Å²) in [6.07, 6.45) is 0. The molecule has 1 aromatic heterocycles. The fourth-order valence-corrected chi connectivity index (χ4v) is 2.16. The second-order valence-corrected chi connectivity index (χ2v) is 4.69. The minimum absolute atomic E-state index is 0.0112. The SMILES string of the molecule is Cc1ccccc1-n1nc(C(N)=O)nc1-c1ccccc1. The van der Waals surface area contributed by atoms with Crippen molar-refractivity contribution in [3.8, 4) is 17.1 Å². The van der Waals surface area contributed by atoms with Crippen molar-refractivity contribution in [1.29, 1.82) is 0 Å². The molecule has 0 aliphatic rings. The molecule has 1 heterocycles. The summed E-state index contributed by atoms with van der Waals surface area (Å²) >= 11 is 0. The molecule has 0 fully saturated rings. The van der Waals surface area contributed by atoms with Crippen molar-refractivity contribution in [2.24, 2.45) is 5.73 Å². The van der Waals surface area contributed by atoms with Gasteiger partial charge in [0.15, 0.2) is 5.82 Å². The monoisotopic (exact) mass is 278 g/mol. The van der Waals surface area contributed by atoms with Gasteiger partial charge in [0.2, 0.25) is 5.82 Å². The molecule has 2 N–H and O–H groups in total. The number of hydrogen-bond donors (Lipinski definition) is 1. The maximum atomic E-state index is 11.4. The minimum atomic E-state index is -0.639. The van der Waals surface area contributed by atoms with Gasteiger partial charge in [-0.3, -0.25) is 4.79 Å². The largest absolute Gasteiger partial charge is 0.363 e. The Morgan fingerprint density at radius 3 is 2.38 bits per heavy atom. The fraction of sp³-hybridized carbons (Fsp3) is 0.0625. The summed E-state index contributed by atoms with van der Waals surface area (Å²) in [6.45, 7) is 1.98. The second-order valence-electron chi connectivity index (χ2n) is 4.69. The van der Waals surface area contributed by atoms with E-state index in [0.29, 0.717) is 5.82 Å². The molecule has 0 aliphatic carbocycles. The lowest BCUT2D eigenvalue weighted by Gasteiger charge is -2.08. The van der Waals surface area contributed by atoms with Crippen molar-refractivity contribution in [3.05, 3.63) is 66.0 Å². The van der Waals surface area contributed by atoms with Crippen molar-refractivity contribution in [1.82, 2.24) is 14.8 Å². The van der Waals surface area contributed by atoms with Crippen molar-refractivity contribution in [2.75, 3.05) is 0 Å². The first-order valence-corrected chi connectivity index (χ1v) is 6.55. The van der Waals surface area contributed by atoms with Crippen LogP contribution in [0.15, 0.2) is 54.6 Å². The number of rotatable bonds is 3. The maximum absolute atomic E-state index is 11.4. The Bertz CT molecular complexity index is 793. The Kier molecular flexibility index (Phi) is 3.23. The number of nitrogens with zero attached hydrogens (tertiary/aromatic N) is 3. The van der Waals surface area contributed by atoms with Crippen molar-refractivity contribution >= 4 is 5.91 Å². The summed E-state index contributed by atoms with van der Waals surface area (Å²) in [5.74, 6) is -0.0321. The van der Waals surface area contributed by atoms with E-state index in [0.717, 1.165) is 16.8 Å². The van der Waals surface area contributed by atoms with Gasteiger partial charge in [-0.1, -0.05) is 48.5 Å². The van der Waals surface area contributed by atoms with E-state index in [2.05, 4.69) is 10.1 Å². The van der Waals surface area contributed by atoms with Crippen LogP contribution in [0.5, 0.6) is 0 Å². The Morgan fingerprint density at radius 1 is 1.05 bits per heavy atom. The molecule has 1 amide bonds. The average molecular weight is 278 g/mol. The average Bonchev–Trinajstić information content (AvgIpc) is 2.94. The summed E-state index contributed by atoms with van der Waals surface area (Å²) in [7, 11) is 0. The van der Waals surface area contributed by atoms with E-state index in [4.69, 9.17) is 5.73 Å². The van der Waals surface area contributed by atoms with Crippen molar-refractivity contribution in [3.63, 3.8) is 0 Å². The van der Waals surface area contributed by atoms with Gasteiger partial charge in [0.25, 0.3) is 5.91 Å². The number of amides is 1. The lowest BCUT2D eigenvalue weighted by atomic mass is 10.2. The molecule has 0 spiro atoms. The first kappa shape index (κ1) is 13.1. The summed E-state index contributed by atoms with van der Waals surface area (Å²) in [6, 6.07) is 17.4. The van der Waals surface area contributed by atoms with Crippen LogP contribution in [-0.4, -0.2) is 20.7 Å². The molecule has 0 aliphatic heterocycles. The fourth-order valence-electron chi connectivity index (χ4n) is 2.16. The number of nitrogens with two attached hydrogens (primary N) is 1. The Balaban J connectivity index is 2.24. The minimum Gasteiger partial charge on any atom is -0.363 e. The highest BCUT2D eigenvalue weighted by molar-refractivity contribution is 5.89. The quantitative estimate of drug-likeness (QED) is 0.799. The third-order valence-electron chi connectivity index (χ3n) is 3.20. The third kappa shape index (κ3) is 2.41. The van der Waals surface area contributed by atoms with Gasteiger partial charge in [0.1, 0.15) is 0 Å². The van der Waals surface area contributed by atoms with Crippen LogP contribution in [0.4, 0.5) is 0 Å². The van der Waals surface area contributed by atoms with E-state index < -0.39 is 5.91 Å². The van der Waals surface area contributed by atoms with Crippen molar-refractivity contribution in [2.45, 2.75) is 6.92 Å². The summed E-state index contributed by atoms with van der Waals surface area (Å²) in [5, 5.41) is 4.25. The normalized spacial score (nSPS) is 10.5. The Hall–Kier alpha value is -2.95. The number of hydrogen-bond acceptors (Lipinski definition) is 3. The number of carbonyl (C=O) groups excluding carboxylic acids is 1. The van der Waals surface area contributed by atoms with Crippen LogP contribution in [0.25, 0.3) is 17.1 Å². The molecule has 0 radical (unpaired) electrons. The molecule has 3 aromatic rings. The number of benzene rings is 2. The Morgan fingerprint density at radius 2 is 1.71 bits per heavy atom. The van der Waals surface area contributed by atoms with Crippen LogP contribution in [-0.2, 0) is 0 Å². The number of primary amides is 1. The third-order valence-corrected chi connectivity index (χ3v) is 3.20. The van der Waals surface area contributed by atoms with Gasteiger partial charge in [-0.2, -0.15) is 0 Å². The van der Waals surface area contributed by atoms with E-state index in [-0.39, 0.29) is 5.82 Å². The van der Waals surface area contributed by atoms with E-state index >= 15 is 0 Å². The second kappa shape index (κ2) is 5.20. The van der Waals surface area contributed by atoms with Gasteiger partial charge in [-0.15, -0.1) is 5.10 Å². The standard InChI is InChI=1S/C16H14N4O/c1-11-7-5-6-10-13(11)20-16(12-8-3-2-4-9-12)18-15(19-20)14(17)21/h2-10H,1H3,(H2,17,21). The molecule has 5 heteroatoms. The predicted molar refractivity (Wildman–Crippen MR) is 80.0 cm³/mol. The predicted octanol–water partition coefficient (Wildman–Crippen LogP) is 2.34. The van der Waals surface area contributed by atoms with Crippen LogP contribution in [0, 0.1) is 6.92 Å². The van der Waals surface area contributed by atoms with Gasteiger partial charge < -0.3 is 5.73 Å². The van der Waals surface area contributed by atoms with Gasteiger partial charge >= 0.3 is 0 Å². The lowest BCUT2D eigenvalue weighted by molar-refractivity contribution is 0.0990. The van der Waals surface area contributed by atoms with Gasteiger partial charge in [0, 0.05) is 5.56 Å². The molecule has 0 saturated carbocycles. The van der Waals surface area contributed by atoms with E-state index in [9.17, 15) is 4.79 Å². The van der Waals surface area contributed by atoms with Gasteiger partial charge in [-0.05, 0) is 18.6 Å². The number of para-hydroxylation sites is 1. The first-order valence-electron chi connectivity index (χ1n) is 6.55. The Labute approximate surface area is 122 Å². The zero-order chi connectivity index (χ0) is 14.8. The van der Waals surface area contributed by atoms with Crippen LogP contribution in [0.3, 0.4) is 0 Å². The molecule has 0 atom stereocenters. The molecule has 21 heavy (non-hydrogen) atoms. The van der Waals surface area contributed by atoms with E-state index in [1.165, 1.54) is 0 Å². The van der Waals surface area contributed by atoms with Crippen LogP contribution < -0.4 is 5.73 Å². The molecule has 5 nitrogen and oxygen atoms in total. The van der Waals surface area contributed by atoms with E-state index in [1.807, 2.05) is 61.5 Å². The van der Waals surface area contributed by atoms with Gasteiger partial charge in [0.05, 0.1) is 5.69 Å². The van der Waals surface area contributed by atoms with Crippen molar-refractivity contribution < 1.29 is 4.79 Å². The highest BCUT2D eigenvalue weighted by Gasteiger charge is 2.17.